The third-order valence-electron chi connectivity index (χ3n) is 7.24. The van der Waals surface area contributed by atoms with Crippen LogP contribution >= 0.6 is 0 Å². The van der Waals surface area contributed by atoms with Crippen molar-refractivity contribution in [1.29, 1.82) is 0 Å². The predicted molar refractivity (Wildman–Crippen MR) is 172 cm³/mol. The summed E-state index contributed by atoms with van der Waals surface area (Å²) in [5.74, 6) is -6.97. The van der Waals surface area contributed by atoms with Gasteiger partial charge < -0.3 is 18.6 Å². The molecule has 0 aliphatic carbocycles. The Hall–Kier alpha value is -3.71. The molecule has 0 aromatic heterocycles. The van der Waals surface area contributed by atoms with Gasteiger partial charge in [-0.3, -0.25) is 10.2 Å². The minimum absolute atomic E-state index is 0.0546. The second-order valence-corrected chi connectivity index (χ2v) is 17.1. The SMILES string of the molecule is COCO[C@H](CCO[Si](c1ccccc1)(c1ccccc1)C(C)(C)C)[C@@H](C(=O)NNC(=O)OC(C)(C)C)c1cc(F)c(F)c(F)c1. The van der Waals surface area contributed by atoms with Crippen LogP contribution in [0.1, 0.15) is 59.4 Å². The first-order chi connectivity index (χ1) is 21.6. The molecule has 0 aliphatic heterocycles. The van der Waals surface area contributed by atoms with Crippen molar-refractivity contribution in [3.63, 3.8) is 0 Å². The van der Waals surface area contributed by atoms with E-state index >= 15 is 0 Å². The van der Waals surface area contributed by atoms with E-state index in [4.69, 9.17) is 18.6 Å². The first kappa shape index (κ1) is 36.8. The quantitative estimate of drug-likeness (QED) is 0.112. The van der Waals surface area contributed by atoms with Gasteiger partial charge in [0.1, 0.15) is 12.4 Å². The molecule has 2 atom stereocenters. The Morgan fingerprint density at radius 3 is 1.80 bits per heavy atom. The second kappa shape index (κ2) is 15.7. The first-order valence-corrected chi connectivity index (χ1v) is 16.8. The van der Waals surface area contributed by atoms with E-state index in [1.165, 1.54) is 7.11 Å². The van der Waals surface area contributed by atoms with Gasteiger partial charge in [0.15, 0.2) is 17.5 Å². The molecule has 3 rings (SSSR count). The fourth-order valence-electron chi connectivity index (χ4n) is 5.37. The van der Waals surface area contributed by atoms with Crippen LogP contribution in [0.15, 0.2) is 72.8 Å². The van der Waals surface area contributed by atoms with E-state index < -0.39 is 55.4 Å². The monoisotopic (exact) mass is 660 g/mol. The molecule has 0 saturated carbocycles. The van der Waals surface area contributed by atoms with Gasteiger partial charge in [-0.15, -0.1) is 0 Å². The number of hydrazine groups is 1. The van der Waals surface area contributed by atoms with Crippen molar-refractivity contribution < 1.29 is 41.4 Å². The molecule has 0 fully saturated rings. The van der Waals surface area contributed by atoms with Gasteiger partial charge in [-0.25, -0.2) is 23.4 Å². The number of nitrogens with one attached hydrogen (secondary N) is 2. The maximum atomic E-state index is 14.5. The fraction of sp³-hybridized carbons (Fsp3) is 0.412. The molecule has 8 nitrogen and oxygen atoms in total. The molecule has 0 saturated heterocycles. The molecule has 0 spiro atoms. The van der Waals surface area contributed by atoms with Crippen LogP contribution < -0.4 is 21.2 Å². The molecule has 0 heterocycles. The van der Waals surface area contributed by atoms with Gasteiger partial charge in [0.2, 0.25) is 5.91 Å². The molecule has 2 N–H and O–H groups in total. The lowest BCUT2D eigenvalue weighted by atomic mass is 9.90. The topological polar surface area (TPSA) is 95.1 Å². The Bertz CT molecular complexity index is 1390. The van der Waals surface area contributed by atoms with Crippen LogP contribution in [0.5, 0.6) is 0 Å². The zero-order valence-electron chi connectivity index (χ0n) is 27.3. The smallest absolute Gasteiger partial charge is 0.426 e. The Kier molecular flexibility index (Phi) is 12.6. The molecule has 12 heteroatoms. The normalized spacial score (nSPS) is 13.5. The van der Waals surface area contributed by atoms with Gasteiger partial charge >= 0.3 is 6.09 Å². The highest BCUT2D eigenvalue weighted by molar-refractivity contribution is 6.99. The maximum absolute atomic E-state index is 14.5. The Morgan fingerprint density at radius 2 is 1.35 bits per heavy atom. The lowest BCUT2D eigenvalue weighted by Gasteiger charge is -2.43. The van der Waals surface area contributed by atoms with Crippen molar-refractivity contribution in [3.05, 3.63) is 95.8 Å². The van der Waals surface area contributed by atoms with Gasteiger partial charge in [-0.2, -0.15) is 0 Å². The highest BCUT2D eigenvalue weighted by Gasteiger charge is 2.50. The molecule has 3 aromatic carbocycles. The third kappa shape index (κ3) is 9.18. The zero-order valence-corrected chi connectivity index (χ0v) is 28.3. The number of rotatable bonds is 12. The summed E-state index contributed by atoms with van der Waals surface area (Å²) in [4.78, 5) is 25.9. The average Bonchev–Trinajstić information content (AvgIpc) is 2.99. The Labute approximate surface area is 269 Å². The Morgan fingerprint density at radius 1 is 0.826 bits per heavy atom. The fourth-order valence-corrected chi connectivity index (χ4v) is 9.95. The number of methoxy groups -OCH3 is 1. The van der Waals surface area contributed by atoms with Gasteiger partial charge in [0.05, 0.1) is 12.0 Å². The molecular weight excluding hydrogens is 617 g/mol. The van der Waals surface area contributed by atoms with Crippen LogP contribution in [0.2, 0.25) is 5.04 Å². The minimum Gasteiger partial charge on any atom is -0.443 e. The van der Waals surface area contributed by atoms with Crippen molar-refractivity contribution >= 4 is 30.7 Å². The number of carbonyl (C=O) groups is 2. The summed E-state index contributed by atoms with van der Waals surface area (Å²) in [7, 11) is -1.62. The van der Waals surface area contributed by atoms with Crippen LogP contribution in [-0.4, -0.2) is 52.5 Å². The van der Waals surface area contributed by atoms with Crippen LogP contribution in [0.3, 0.4) is 0 Å². The molecule has 3 aromatic rings. The summed E-state index contributed by atoms with van der Waals surface area (Å²) in [5.41, 5.74) is 3.31. The third-order valence-corrected chi connectivity index (χ3v) is 12.3. The van der Waals surface area contributed by atoms with E-state index in [1.54, 1.807) is 20.8 Å². The largest absolute Gasteiger partial charge is 0.443 e. The van der Waals surface area contributed by atoms with Crippen molar-refractivity contribution in [2.75, 3.05) is 20.5 Å². The highest BCUT2D eigenvalue weighted by Crippen LogP contribution is 2.37. The van der Waals surface area contributed by atoms with Crippen molar-refractivity contribution in [2.24, 2.45) is 0 Å². The molecule has 46 heavy (non-hydrogen) atoms. The van der Waals surface area contributed by atoms with Crippen LogP contribution in [0.25, 0.3) is 0 Å². The number of hydrogen-bond acceptors (Lipinski definition) is 6. The van der Waals surface area contributed by atoms with E-state index in [2.05, 4.69) is 31.6 Å². The number of halogens is 3. The van der Waals surface area contributed by atoms with Gasteiger partial charge in [0.25, 0.3) is 8.32 Å². The minimum atomic E-state index is -3.00. The molecule has 2 amide bonds. The van der Waals surface area contributed by atoms with Gasteiger partial charge in [0, 0.05) is 13.7 Å². The van der Waals surface area contributed by atoms with Crippen molar-refractivity contribution in [3.8, 4) is 0 Å². The Balaban J connectivity index is 2.02. The van der Waals surface area contributed by atoms with E-state index in [0.29, 0.717) is 0 Å². The van der Waals surface area contributed by atoms with Crippen molar-refractivity contribution in [1.82, 2.24) is 10.9 Å². The predicted octanol–water partition coefficient (Wildman–Crippen LogP) is 5.70. The van der Waals surface area contributed by atoms with E-state index in [-0.39, 0.29) is 30.4 Å². The number of hydrogen-bond donors (Lipinski definition) is 2. The van der Waals surface area contributed by atoms with E-state index in [0.717, 1.165) is 22.5 Å². The zero-order chi connectivity index (χ0) is 34.1. The number of benzene rings is 3. The molecular formula is C34H43F3N2O6Si. The summed E-state index contributed by atoms with van der Waals surface area (Å²) >= 11 is 0. The van der Waals surface area contributed by atoms with Crippen LogP contribution in [0, 0.1) is 17.5 Å². The molecule has 0 bridgehead atoms. The highest BCUT2D eigenvalue weighted by atomic mass is 28.4. The second-order valence-electron chi connectivity index (χ2n) is 12.8. The molecule has 250 valence electrons. The summed E-state index contributed by atoms with van der Waals surface area (Å²) < 4.78 is 66.1. The summed E-state index contributed by atoms with van der Waals surface area (Å²) in [6.45, 7) is 11.0. The standard InChI is InChI=1S/C34H43F3N2O6Si/c1-33(2,3)45-32(41)39-38-31(40)29(23-20-26(35)30(37)27(36)21-23)28(43-22-42-7)18-19-44-46(34(4,5)6,24-14-10-8-11-15-24)25-16-12-9-13-17-25/h8-17,20-21,28-29H,18-19,22H2,1-7H3,(H,38,40)(H,39,41)/t28-,29+/m1/s1. The first-order valence-electron chi connectivity index (χ1n) is 14.9. The van der Waals surface area contributed by atoms with Crippen LogP contribution in [0.4, 0.5) is 18.0 Å². The summed E-state index contributed by atoms with van der Waals surface area (Å²) in [6, 6.07) is 21.3. The van der Waals surface area contributed by atoms with E-state index in [9.17, 15) is 22.8 Å². The lowest BCUT2D eigenvalue weighted by Crippen LogP contribution is -2.66. The molecule has 0 unspecified atom stereocenters. The lowest BCUT2D eigenvalue weighted by molar-refractivity contribution is -0.133. The number of carbonyl (C=O) groups excluding carboxylic acids is 2. The van der Waals surface area contributed by atoms with Crippen LogP contribution in [-0.2, 0) is 23.4 Å². The number of ether oxygens (including phenoxy) is 3. The molecule has 0 aliphatic rings. The average molecular weight is 661 g/mol. The van der Waals surface area contributed by atoms with Gasteiger partial charge in [-0.05, 0) is 60.3 Å². The maximum Gasteiger partial charge on any atom is 0.426 e. The van der Waals surface area contributed by atoms with E-state index in [1.807, 2.05) is 60.7 Å². The summed E-state index contributed by atoms with van der Waals surface area (Å²) in [6.07, 6.45) is -2.00. The summed E-state index contributed by atoms with van der Waals surface area (Å²) in [5, 5.41) is 1.71. The number of amides is 2. The van der Waals surface area contributed by atoms with Crippen molar-refractivity contribution in [2.45, 2.75) is 70.6 Å². The molecule has 0 radical (unpaired) electrons. The van der Waals surface area contributed by atoms with Gasteiger partial charge in [-0.1, -0.05) is 81.4 Å².